The summed E-state index contributed by atoms with van der Waals surface area (Å²) < 4.78 is 32.1. The van der Waals surface area contributed by atoms with Crippen LogP contribution in [0.3, 0.4) is 0 Å². The van der Waals surface area contributed by atoms with Crippen molar-refractivity contribution >= 4 is 21.9 Å². The van der Waals surface area contributed by atoms with Crippen molar-refractivity contribution in [1.82, 2.24) is 4.72 Å². The Kier molecular flexibility index (Phi) is 4.47. The zero-order chi connectivity index (χ0) is 12.9. The van der Waals surface area contributed by atoms with Gasteiger partial charge in [-0.2, -0.15) is 13.1 Å². The lowest BCUT2D eigenvalue weighted by Crippen LogP contribution is -2.30. The van der Waals surface area contributed by atoms with Gasteiger partial charge in [0.25, 0.3) is 10.2 Å². The molecule has 0 heterocycles. The fraction of sp³-hybridized carbons (Fsp3) is 0.300. The van der Waals surface area contributed by atoms with E-state index in [0.717, 1.165) is 0 Å². The largest absolute Gasteiger partial charge is 0.465 e. The number of hydrogen-bond donors (Lipinski definition) is 2. The van der Waals surface area contributed by atoms with Crippen LogP contribution in [0, 0.1) is 0 Å². The molecule has 0 radical (unpaired) electrons. The molecule has 0 aliphatic carbocycles. The Hall–Kier alpha value is -1.60. The van der Waals surface area contributed by atoms with Crippen LogP contribution in [-0.4, -0.2) is 28.0 Å². The molecule has 1 aromatic rings. The molecule has 0 amide bonds. The lowest BCUT2D eigenvalue weighted by atomic mass is 10.2. The second-order valence-electron chi connectivity index (χ2n) is 3.14. The lowest BCUT2D eigenvalue weighted by Gasteiger charge is -2.10. The van der Waals surface area contributed by atoms with E-state index in [2.05, 4.69) is 14.2 Å². The number of benzene rings is 1. The minimum atomic E-state index is -3.66. The summed E-state index contributed by atoms with van der Waals surface area (Å²) in [4.78, 5) is 11.4. The zero-order valence-corrected chi connectivity index (χ0v) is 10.4. The molecule has 0 atom stereocenters. The predicted molar refractivity (Wildman–Crippen MR) is 64.0 cm³/mol. The normalized spacial score (nSPS) is 10.9. The number of hydrogen-bond acceptors (Lipinski definition) is 4. The summed E-state index contributed by atoms with van der Waals surface area (Å²) in [6.07, 6.45) is 0. The van der Waals surface area contributed by atoms with Crippen LogP contribution in [0.25, 0.3) is 0 Å². The van der Waals surface area contributed by atoms with E-state index in [1.54, 1.807) is 19.1 Å². The maximum atomic E-state index is 11.5. The van der Waals surface area contributed by atoms with E-state index in [0.29, 0.717) is 0 Å². The molecule has 6 nitrogen and oxygen atoms in total. The summed E-state index contributed by atoms with van der Waals surface area (Å²) >= 11 is 0. The molecule has 0 fully saturated rings. The number of rotatable bonds is 5. The molecule has 2 N–H and O–H groups in total. The van der Waals surface area contributed by atoms with Gasteiger partial charge < -0.3 is 4.74 Å². The van der Waals surface area contributed by atoms with E-state index < -0.39 is 16.2 Å². The highest BCUT2D eigenvalue weighted by Gasteiger charge is 2.15. The first kappa shape index (κ1) is 13.5. The molecule has 0 aromatic heterocycles. The third kappa shape index (κ3) is 3.72. The highest BCUT2D eigenvalue weighted by atomic mass is 32.2. The fourth-order valence-corrected chi connectivity index (χ4v) is 2.15. The number of anilines is 1. The minimum Gasteiger partial charge on any atom is -0.465 e. The van der Waals surface area contributed by atoms with Crippen LogP contribution in [0.15, 0.2) is 24.3 Å². The first-order valence-corrected chi connectivity index (χ1v) is 6.43. The van der Waals surface area contributed by atoms with Gasteiger partial charge in [0.05, 0.1) is 18.4 Å². The monoisotopic (exact) mass is 258 g/mol. The SMILES string of the molecule is CCNS(=O)(=O)Nc1ccccc1C(=O)OC. The third-order valence-corrected chi connectivity index (χ3v) is 3.07. The number of esters is 1. The Labute approximate surface area is 100 Å². The van der Waals surface area contributed by atoms with Crippen LogP contribution in [0.5, 0.6) is 0 Å². The first-order chi connectivity index (χ1) is 8.00. The first-order valence-electron chi connectivity index (χ1n) is 4.95. The molecule has 0 aliphatic heterocycles. The van der Waals surface area contributed by atoms with Crippen LogP contribution < -0.4 is 9.44 Å². The summed E-state index contributed by atoms with van der Waals surface area (Å²) in [5, 5.41) is 0. The standard InChI is InChI=1S/C10H14N2O4S/c1-3-11-17(14,15)12-9-7-5-4-6-8(9)10(13)16-2/h4-7,11-12H,3H2,1-2H3. The van der Waals surface area contributed by atoms with Gasteiger partial charge in [0, 0.05) is 6.54 Å². The fourth-order valence-electron chi connectivity index (χ4n) is 1.23. The van der Waals surface area contributed by atoms with Crippen molar-refractivity contribution in [3.05, 3.63) is 29.8 Å². The smallest absolute Gasteiger partial charge is 0.339 e. The number of carbonyl (C=O) groups is 1. The van der Waals surface area contributed by atoms with Crippen LogP contribution in [-0.2, 0) is 14.9 Å². The van der Waals surface area contributed by atoms with E-state index >= 15 is 0 Å². The number of ether oxygens (including phenoxy) is 1. The van der Waals surface area contributed by atoms with Crippen molar-refractivity contribution in [1.29, 1.82) is 0 Å². The Bertz CT molecular complexity index is 499. The van der Waals surface area contributed by atoms with Gasteiger partial charge in [-0.25, -0.2) is 4.79 Å². The molecular weight excluding hydrogens is 244 g/mol. The van der Waals surface area contributed by atoms with E-state index in [1.165, 1.54) is 19.2 Å². The van der Waals surface area contributed by atoms with Crippen LogP contribution >= 0.6 is 0 Å². The van der Waals surface area contributed by atoms with Gasteiger partial charge in [0.15, 0.2) is 0 Å². The molecule has 94 valence electrons. The van der Waals surface area contributed by atoms with Gasteiger partial charge in [-0.1, -0.05) is 19.1 Å². The topological polar surface area (TPSA) is 84.5 Å². The lowest BCUT2D eigenvalue weighted by molar-refractivity contribution is 0.0602. The molecule has 0 spiro atoms. The Morgan fingerprint density at radius 3 is 2.59 bits per heavy atom. The highest BCUT2D eigenvalue weighted by Crippen LogP contribution is 2.16. The molecule has 0 unspecified atom stereocenters. The minimum absolute atomic E-state index is 0.163. The van der Waals surface area contributed by atoms with Crippen molar-refractivity contribution < 1.29 is 17.9 Å². The quantitative estimate of drug-likeness (QED) is 0.763. The molecular formula is C10H14N2O4S. The van der Waals surface area contributed by atoms with Crippen LogP contribution in [0.4, 0.5) is 5.69 Å². The Balaban J connectivity index is 3.03. The molecule has 0 bridgehead atoms. The molecule has 17 heavy (non-hydrogen) atoms. The maximum absolute atomic E-state index is 11.5. The molecule has 7 heteroatoms. The van der Waals surface area contributed by atoms with Crippen molar-refractivity contribution in [2.24, 2.45) is 0 Å². The van der Waals surface area contributed by atoms with Crippen molar-refractivity contribution in [3.8, 4) is 0 Å². The van der Waals surface area contributed by atoms with Crippen LogP contribution in [0.2, 0.25) is 0 Å². The van der Waals surface area contributed by atoms with Gasteiger partial charge >= 0.3 is 5.97 Å². The number of para-hydroxylation sites is 1. The Morgan fingerprint density at radius 1 is 1.35 bits per heavy atom. The van der Waals surface area contributed by atoms with Gasteiger partial charge in [-0.15, -0.1) is 0 Å². The van der Waals surface area contributed by atoms with Crippen molar-refractivity contribution in [3.63, 3.8) is 0 Å². The molecule has 0 saturated carbocycles. The summed E-state index contributed by atoms with van der Waals surface area (Å²) in [5.41, 5.74) is 0.344. The molecule has 1 rings (SSSR count). The Morgan fingerprint density at radius 2 is 2.00 bits per heavy atom. The second-order valence-corrected chi connectivity index (χ2v) is 4.64. The molecule has 0 aliphatic rings. The van der Waals surface area contributed by atoms with Gasteiger partial charge in [0.1, 0.15) is 0 Å². The van der Waals surface area contributed by atoms with Gasteiger partial charge in [-0.05, 0) is 12.1 Å². The second kappa shape index (κ2) is 5.65. The van der Waals surface area contributed by atoms with Crippen molar-refractivity contribution in [2.45, 2.75) is 6.92 Å². The van der Waals surface area contributed by atoms with Crippen LogP contribution in [0.1, 0.15) is 17.3 Å². The zero-order valence-electron chi connectivity index (χ0n) is 9.56. The molecule has 1 aromatic carbocycles. The van der Waals surface area contributed by atoms with E-state index in [4.69, 9.17) is 0 Å². The summed E-state index contributed by atoms with van der Waals surface area (Å²) in [5.74, 6) is -0.597. The van der Waals surface area contributed by atoms with Crippen molar-refractivity contribution in [2.75, 3.05) is 18.4 Å². The van der Waals surface area contributed by atoms with Gasteiger partial charge in [0.2, 0.25) is 0 Å². The number of carbonyl (C=O) groups excluding carboxylic acids is 1. The number of methoxy groups -OCH3 is 1. The van der Waals surface area contributed by atoms with E-state index in [9.17, 15) is 13.2 Å². The maximum Gasteiger partial charge on any atom is 0.339 e. The van der Waals surface area contributed by atoms with E-state index in [-0.39, 0.29) is 17.8 Å². The number of nitrogens with one attached hydrogen (secondary N) is 2. The van der Waals surface area contributed by atoms with Gasteiger partial charge in [-0.3, -0.25) is 4.72 Å². The summed E-state index contributed by atoms with van der Waals surface area (Å²) in [7, 11) is -2.42. The summed E-state index contributed by atoms with van der Waals surface area (Å²) in [6, 6.07) is 6.21. The van der Waals surface area contributed by atoms with E-state index in [1.807, 2.05) is 0 Å². The average Bonchev–Trinajstić information content (AvgIpc) is 2.28. The highest BCUT2D eigenvalue weighted by molar-refractivity contribution is 7.90. The summed E-state index contributed by atoms with van der Waals surface area (Å²) in [6.45, 7) is 1.92. The molecule has 0 saturated heterocycles. The average molecular weight is 258 g/mol. The predicted octanol–water partition coefficient (Wildman–Crippen LogP) is 0.739. The third-order valence-electron chi connectivity index (χ3n) is 1.91.